The summed E-state index contributed by atoms with van der Waals surface area (Å²) in [7, 11) is 3.40. The second-order valence-corrected chi connectivity index (χ2v) is 5.61. The largest absolute Gasteiger partial charge is 0.497 e. The van der Waals surface area contributed by atoms with Crippen LogP contribution in [0.2, 0.25) is 0 Å². The molecule has 0 aliphatic heterocycles. The molecule has 4 N–H and O–H groups in total. The SMILES string of the molecule is COc1ccc(C[NH2+]CCC[NH2+]Cc2ccc(OC)cc2)cc1. The number of ether oxygens (including phenoxy) is 2. The molecule has 2 aromatic carbocycles. The highest BCUT2D eigenvalue weighted by Gasteiger charge is 1.99. The molecule has 0 saturated heterocycles. The summed E-state index contributed by atoms with van der Waals surface area (Å²) in [6.07, 6.45) is 1.21. The predicted molar refractivity (Wildman–Crippen MR) is 91.6 cm³/mol. The fourth-order valence-electron chi connectivity index (χ4n) is 2.47. The van der Waals surface area contributed by atoms with Crippen LogP contribution in [0.25, 0.3) is 0 Å². The van der Waals surface area contributed by atoms with Gasteiger partial charge in [-0.1, -0.05) is 0 Å². The van der Waals surface area contributed by atoms with Gasteiger partial charge in [-0.3, -0.25) is 0 Å². The van der Waals surface area contributed by atoms with Gasteiger partial charge in [0.05, 0.1) is 27.3 Å². The van der Waals surface area contributed by atoms with Gasteiger partial charge in [0.2, 0.25) is 0 Å². The molecule has 2 aromatic rings. The fourth-order valence-corrected chi connectivity index (χ4v) is 2.47. The smallest absolute Gasteiger partial charge is 0.118 e. The van der Waals surface area contributed by atoms with Crippen molar-refractivity contribution in [1.29, 1.82) is 0 Å². The molecular formula is C19H28N2O2+2. The number of quaternary nitrogens is 2. The van der Waals surface area contributed by atoms with Crippen LogP contribution in [0.5, 0.6) is 11.5 Å². The first-order valence-corrected chi connectivity index (χ1v) is 8.21. The van der Waals surface area contributed by atoms with E-state index in [9.17, 15) is 0 Å². The molecule has 4 nitrogen and oxygen atoms in total. The maximum atomic E-state index is 5.17. The summed E-state index contributed by atoms with van der Waals surface area (Å²) in [5.41, 5.74) is 2.68. The third kappa shape index (κ3) is 6.30. The summed E-state index contributed by atoms with van der Waals surface area (Å²) in [6, 6.07) is 16.6. The molecule has 124 valence electrons. The van der Waals surface area contributed by atoms with E-state index in [2.05, 4.69) is 34.9 Å². The molecule has 0 aliphatic rings. The molecule has 0 aliphatic carbocycles. The molecule has 0 atom stereocenters. The highest BCUT2D eigenvalue weighted by atomic mass is 16.5. The zero-order chi connectivity index (χ0) is 16.3. The van der Waals surface area contributed by atoms with Crippen LogP contribution in [-0.4, -0.2) is 27.3 Å². The van der Waals surface area contributed by atoms with Crippen molar-refractivity contribution in [2.75, 3.05) is 27.3 Å². The molecule has 23 heavy (non-hydrogen) atoms. The average molecular weight is 316 g/mol. The van der Waals surface area contributed by atoms with Crippen LogP contribution in [0, 0.1) is 0 Å². The van der Waals surface area contributed by atoms with Gasteiger partial charge in [0.15, 0.2) is 0 Å². The minimum absolute atomic E-state index is 0.918. The molecule has 2 rings (SSSR count). The topological polar surface area (TPSA) is 51.7 Å². The van der Waals surface area contributed by atoms with Gasteiger partial charge in [-0.25, -0.2) is 0 Å². The summed E-state index contributed by atoms with van der Waals surface area (Å²) in [5, 5.41) is 4.73. The Bertz CT molecular complexity index is 501. The Morgan fingerprint density at radius 1 is 0.652 bits per heavy atom. The fraction of sp³-hybridized carbons (Fsp3) is 0.368. The lowest BCUT2D eigenvalue weighted by Crippen LogP contribution is -2.86. The van der Waals surface area contributed by atoms with Gasteiger partial charge in [0.1, 0.15) is 24.6 Å². The zero-order valence-corrected chi connectivity index (χ0v) is 14.1. The molecule has 0 fully saturated rings. The Hall–Kier alpha value is -2.04. The monoisotopic (exact) mass is 316 g/mol. The van der Waals surface area contributed by atoms with Crippen LogP contribution in [0.15, 0.2) is 48.5 Å². The first-order chi connectivity index (χ1) is 11.3. The molecule has 0 bridgehead atoms. The summed E-state index contributed by atoms with van der Waals surface area (Å²) in [4.78, 5) is 0. The van der Waals surface area contributed by atoms with Gasteiger partial charge in [0.25, 0.3) is 0 Å². The van der Waals surface area contributed by atoms with Crippen molar-refractivity contribution in [2.45, 2.75) is 19.5 Å². The first-order valence-electron chi connectivity index (χ1n) is 8.21. The molecule has 0 heterocycles. The van der Waals surface area contributed by atoms with Crippen molar-refractivity contribution < 1.29 is 20.1 Å². The van der Waals surface area contributed by atoms with Crippen LogP contribution in [0.3, 0.4) is 0 Å². The van der Waals surface area contributed by atoms with E-state index in [4.69, 9.17) is 9.47 Å². The summed E-state index contributed by atoms with van der Waals surface area (Å²) >= 11 is 0. The third-order valence-corrected chi connectivity index (χ3v) is 3.89. The highest BCUT2D eigenvalue weighted by Crippen LogP contribution is 2.10. The number of methoxy groups -OCH3 is 2. The van der Waals surface area contributed by atoms with E-state index < -0.39 is 0 Å². The maximum Gasteiger partial charge on any atom is 0.118 e. The van der Waals surface area contributed by atoms with Crippen molar-refractivity contribution in [1.82, 2.24) is 0 Å². The van der Waals surface area contributed by atoms with Crippen LogP contribution in [0.4, 0.5) is 0 Å². The van der Waals surface area contributed by atoms with Gasteiger partial charge in [0, 0.05) is 17.5 Å². The van der Waals surface area contributed by atoms with Crippen molar-refractivity contribution in [2.24, 2.45) is 0 Å². The molecule has 0 spiro atoms. The molecule has 0 saturated carbocycles. The number of nitrogens with two attached hydrogens (primary N) is 2. The van der Waals surface area contributed by atoms with E-state index in [1.54, 1.807) is 14.2 Å². The van der Waals surface area contributed by atoms with E-state index in [1.165, 1.54) is 17.5 Å². The van der Waals surface area contributed by atoms with E-state index in [1.807, 2.05) is 24.3 Å². The minimum Gasteiger partial charge on any atom is -0.497 e. The van der Waals surface area contributed by atoms with Crippen LogP contribution in [0.1, 0.15) is 17.5 Å². The van der Waals surface area contributed by atoms with E-state index in [0.717, 1.165) is 37.7 Å². The summed E-state index contributed by atoms with van der Waals surface area (Å²) < 4.78 is 10.3. The minimum atomic E-state index is 0.918. The molecule has 0 radical (unpaired) electrons. The van der Waals surface area contributed by atoms with Crippen LogP contribution >= 0.6 is 0 Å². The molecule has 0 aromatic heterocycles. The van der Waals surface area contributed by atoms with E-state index >= 15 is 0 Å². The van der Waals surface area contributed by atoms with Gasteiger partial charge < -0.3 is 20.1 Å². The van der Waals surface area contributed by atoms with E-state index in [-0.39, 0.29) is 0 Å². The second-order valence-electron chi connectivity index (χ2n) is 5.61. The first kappa shape index (κ1) is 17.3. The van der Waals surface area contributed by atoms with Gasteiger partial charge in [-0.2, -0.15) is 0 Å². The highest BCUT2D eigenvalue weighted by molar-refractivity contribution is 5.27. The van der Waals surface area contributed by atoms with E-state index in [0.29, 0.717) is 0 Å². The van der Waals surface area contributed by atoms with Gasteiger partial charge in [-0.05, 0) is 48.5 Å². The standard InChI is InChI=1S/C19H26N2O2/c1-22-18-8-4-16(5-9-18)14-20-12-3-13-21-15-17-6-10-19(23-2)11-7-17/h4-11,20-21H,3,12-15H2,1-2H3/p+2. The molecule has 0 unspecified atom stereocenters. The quantitative estimate of drug-likeness (QED) is 0.641. The molecular weight excluding hydrogens is 288 g/mol. The Morgan fingerprint density at radius 2 is 1.04 bits per heavy atom. The maximum absolute atomic E-state index is 5.17. The lowest BCUT2D eigenvalue weighted by Gasteiger charge is -2.05. The number of benzene rings is 2. The Morgan fingerprint density at radius 3 is 1.39 bits per heavy atom. The Balaban J connectivity index is 1.53. The molecule has 4 heteroatoms. The Labute approximate surface area is 138 Å². The van der Waals surface area contributed by atoms with Gasteiger partial charge in [-0.15, -0.1) is 0 Å². The van der Waals surface area contributed by atoms with Crippen molar-refractivity contribution in [3.8, 4) is 11.5 Å². The lowest BCUT2D eigenvalue weighted by atomic mass is 10.2. The van der Waals surface area contributed by atoms with Gasteiger partial charge >= 0.3 is 0 Å². The summed E-state index contributed by atoms with van der Waals surface area (Å²) in [6.45, 7) is 4.38. The zero-order valence-electron chi connectivity index (χ0n) is 14.1. The van der Waals surface area contributed by atoms with Crippen molar-refractivity contribution in [3.63, 3.8) is 0 Å². The molecule has 0 amide bonds. The second kappa shape index (κ2) is 9.87. The van der Waals surface area contributed by atoms with Crippen LogP contribution < -0.4 is 20.1 Å². The lowest BCUT2D eigenvalue weighted by molar-refractivity contribution is -0.695. The van der Waals surface area contributed by atoms with Crippen molar-refractivity contribution in [3.05, 3.63) is 59.7 Å². The number of hydrogen-bond donors (Lipinski definition) is 2. The third-order valence-electron chi connectivity index (χ3n) is 3.89. The normalized spacial score (nSPS) is 10.5. The van der Waals surface area contributed by atoms with Crippen molar-refractivity contribution >= 4 is 0 Å². The number of hydrogen-bond acceptors (Lipinski definition) is 2. The number of rotatable bonds is 10. The summed E-state index contributed by atoms with van der Waals surface area (Å²) in [5.74, 6) is 1.84. The predicted octanol–water partition coefficient (Wildman–Crippen LogP) is 0.921. The average Bonchev–Trinajstić information content (AvgIpc) is 2.62. The van der Waals surface area contributed by atoms with Crippen LogP contribution in [-0.2, 0) is 13.1 Å². The Kier molecular flexibility index (Phi) is 7.43.